The monoisotopic (exact) mass is 281 g/mol. The number of aliphatic hydroxyl groups is 1. The van der Waals surface area contributed by atoms with Gasteiger partial charge in [0.1, 0.15) is 0 Å². The number of para-hydroxylation sites is 1. The molecule has 0 heterocycles. The molecule has 20 heavy (non-hydrogen) atoms. The maximum absolute atomic E-state index is 12.6. The minimum absolute atomic E-state index is 0.327. The number of alkyl halides is 3. The maximum Gasteiger partial charge on any atom is 0.416 e. The molecule has 0 aliphatic heterocycles. The molecule has 2 rings (SSSR count). The highest BCUT2D eigenvalue weighted by Crippen LogP contribution is 2.32. The molecule has 0 bridgehead atoms. The summed E-state index contributed by atoms with van der Waals surface area (Å²) in [5.74, 6) is 0. The van der Waals surface area contributed by atoms with E-state index in [4.69, 9.17) is 0 Å². The van der Waals surface area contributed by atoms with E-state index in [2.05, 4.69) is 5.32 Å². The van der Waals surface area contributed by atoms with Crippen LogP contribution < -0.4 is 5.32 Å². The second-order valence-corrected chi connectivity index (χ2v) is 4.47. The van der Waals surface area contributed by atoms with Crippen molar-refractivity contribution < 1.29 is 18.3 Å². The van der Waals surface area contributed by atoms with Crippen molar-refractivity contribution in [3.63, 3.8) is 0 Å². The summed E-state index contributed by atoms with van der Waals surface area (Å²) in [4.78, 5) is 0. The molecule has 0 amide bonds. The van der Waals surface area contributed by atoms with Crippen LogP contribution in [0.5, 0.6) is 0 Å². The molecule has 0 aliphatic carbocycles. The van der Waals surface area contributed by atoms with E-state index in [-0.39, 0.29) is 0 Å². The molecular weight excluding hydrogens is 267 g/mol. The van der Waals surface area contributed by atoms with Crippen molar-refractivity contribution in [2.24, 2.45) is 0 Å². The first-order valence-corrected chi connectivity index (χ1v) is 6.09. The largest absolute Gasteiger partial charge is 0.416 e. The van der Waals surface area contributed by atoms with Crippen molar-refractivity contribution in [1.29, 1.82) is 0 Å². The van der Waals surface area contributed by atoms with Gasteiger partial charge in [0.05, 0.1) is 11.7 Å². The van der Waals surface area contributed by atoms with Crippen LogP contribution in [0.4, 0.5) is 24.5 Å². The number of nitrogens with one attached hydrogen (secondary N) is 1. The van der Waals surface area contributed by atoms with Crippen molar-refractivity contribution >= 4 is 11.4 Å². The lowest BCUT2D eigenvalue weighted by Gasteiger charge is -2.15. The number of halogens is 3. The molecule has 2 aromatic carbocycles. The predicted molar refractivity (Wildman–Crippen MR) is 71.8 cm³/mol. The SMILES string of the molecule is CC(O)c1ccccc1Nc1cccc(C(F)(F)F)c1. The Morgan fingerprint density at radius 1 is 1.05 bits per heavy atom. The fraction of sp³-hybridized carbons (Fsp3) is 0.200. The van der Waals surface area contributed by atoms with E-state index >= 15 is 0 Å². The van der Waals surface area contributed by atoms with E-state index in [0.29, 0.717) is 16.9 Å². The average molecular weight is 281 g/mol. The third-order valence-electron chi connectivity index (χ3n) is 2.88. The number of anilines is 2. The van der Waals surface area contributed by atoms with Gasteiger partial charge in [0.15, 0.2) is 0 Å². The van der Waals surface area contributed by atoms with E-state index in [1.807, 2.05) is 0 Å². The molecule has 0 fully saturated rings. The van der Waals surface area contributed by atoms with Crippen LogP contribution in [-0.4, -0.2) is 5.11 Å². The first-order chi connectivity index (χ1) is 9.38. The van der Waals surface area contributed by atoms with Gasteiger partial charge in [-0.05, 0) is 31.2 Å². The molecule has 1 atom stereocenters. The van der Waals surface area contributed by atoms with E-state index in [0.717, 1.165) is 12.1 Å². The Morgan fingerprint density at radius 2 is 1.75 bits per heavy atom. The molecule has 2 N–H and O–H groups in total. The molecule has 0 aromatic heterocycles. The molecule has 1 unspecified atom stereocenters. The number of hydrogen-bond donors (Lipinski definition) is 2. The Labute approximate surface area is 114 Å². The number of hydrogen-bond acceptors (Lipinski definition) is 2. The lowest BCUT2D eigenvalue weighted by Crippen LogP contribution is -2.05. The van der Waals surface area contributed by atoms with Gasteiger partial charge in [-0.1, -0.05) is 24.3 Å². The van der Waals surface area contributed by atoms with Gasteiger partial charge < -0.3 is 10.4 Å². The second-order valence-electron chi connectivity index (χ2n) is 4.47. The zero-order chi connectivity index (χ0) is 14.8. The van der Waals surface area contributed by atoms with Crippen molar-refractivity contribution in [2.45, 2.75) is 19.2 Å². The highest BCUT2D eigenvalue weighted by Gasteiger charge is 2.30. The summed E-state index contributed by atoms with van der Waals surface area (Å²) in [6, 6.07) is 11.9. The Kier molecular flexibility index (Phi) is 3.99. The Balaban J connectivity index is 2.31. The van der Waals surface area contributed by atoms with Gasteiger partial charge in [0, 0.05) is 16.9 Å². The highest BCUT2D eigenvalue weighted by molar-refractivity contribution is 5.64. The standard InChI is InChI=1S/C15H14F3NO/c1-10(20)13-7-2-3-8-14(13)19-12-6-4-5-11(9-12)15(16,17)18/h2-10,19-20H,1H3. The summed E-state index contributed by atoms with van der Waals surface area (Å²) in [7, 11) is 0. The zero-order valence-corrected chi connectivity index (χ0v) is 10.8. The minimum Gasteiger partial charge on any atom is -0.389 e. The van der Waals surface area contributed by atoms with Crippen molar-refractivity contribution in [2.75, 3.05) is 5.32 Å². The van der Waals surface area contributed by atoms with Gasteiger partial charge in [-0.3, -0.25) is 0 Å². The molecule has 0 saturated heterocycles. The molecule has 0 radical (unpaired) electrons. The first-order valence-electron chi connectivity index (χ1n) is 6.09. The summed E-state index contributed by atoms with van der Waals surface area (Å²) < 4.78 is 37.9. The zero-order valence-electron chi connectivity index (χ0n) is 10.8. The summed E-state index contributed by atoms with van der Waals surface area (Å²) >= 11 is 0. The average Bonchev–Trinajstić information content (AvgIpc) is 2.38. The van der Waals surface area contributed by atoms with Crippen LogP contribution in [0.15, 0.2) is 48.5 Å². The van der Waals surface area contributed by atoms with Gasteiger partial charge in [-0.2, -0.15) is 13.2 Å². The molecular formula is C15H14F3NO. The van der Waals surface area contributed by atoms with Gasteiger partial charge >= 0.3 is 6.18 Å². The van der Waals surface area contributed by atoms with Crippen LogP contribution in [0.2, 0.25) is 0 Å². The molecule has 106 valence electrons. The number of benzene rings is 2. The molecule has 5 heteroatoms. The van der Waals surface area contributed by atoms with E-state index in [1.54, 1.807) is 37.3 Å². The van der Waals surface area contributed by atoms with Crippen LogP contribution in [0.25, 0.3) is 0 Å². The summed E-state index contributed by atoms with van der Waals surface area (Å²) in [5, 5.41) is 12.6. The molecule has 0 aliphatic rings. The summed E-state index contributed by atoms with van der Waals surface area (Å²) in [6.45, 7) is 1.60. The van der Waals surface area contributed by atoms with Gasteiger partial charge in [-0.25, -0.2) is 0 Å². The minimum atomic E-state index is -4.37. The smallest absolute Gasteiger partial charge is 0.389 e. The fourth-order valence-electron chi connectivity index (χ4n) is 1.90. The van der Waals surface area contributed by atoms with Crippen LogP contribution in [0, 0.1) is 0 Å². The van der Waals surface area contributed by atoms with Gasteiger partial charge in [0.2, 0.25) is 0 Å². The summed E-state index contributed by atoms with van der Waals surface area (Å²) in [6.07, 6.45) is -5.08. The van der Waals surface area contributed by atoms with Crippen molar-refractivity contribution in [3.8, 4) is 0 Å². The lowest BCUT2D eigenvalue weighted by atomic mass is 10.1. The summed E-state index contributed by atoms with van der Waals surface area (Å²) in [5.41, 5.74) is 0.830. The van der Waals surface area contributed by atoms with E-state index in [9.17, 15) is 18.3 Å². The number of rotatable bonds is 3. The third kappa shape index (κ3) is 3.30. The van der Waals surface area contributed by atoms with Gasteiger partial charge in [0.25, 0.3) is 0 Å². The molecule has 2 nitrogen and oxygen atoms in total. The molecule has 0 saturated carbocycles. The van der Waals surface area contributed by atoms with E-state index in [1.165, 1.54) is 6.07 Å². The lowest BCUT2D eigenvalue weighted by molar-refractivity contribution is -0.137. The van der Waals surface area contributed by atoms with Gasteiger partial charge in [-0.15, -0.1) is 0 Å². The second kappa shape index (κ2) is 5.54. The van der Waals surface area contributed by atoms with E-state index < -0.39 is 17.8 Å². The van der Waals surface area contributed by atoms with Crippen LogP contribution in [0.1, 0.15) is 24.2 Å². The predicted octanol–water partition coefficient (Wildman–Crippen LogP) is 4.50. The Bertz CT molecular complexity index is 594. The first kappa shape index (κ1) is 14.4. The molecule has 0 spiro atoms. The van der Waals surface area contributed by atoms with Crippen LogP contribution >= 0.6 is 0 Å². The topological polar surface area (TPSA) is 32.3 Å². The molecule has 2 aromatic rings. The normalized spacial score (nSPS) is 13.1. The van der Waals surface area contributed by atoms with Crippen molar-refractivity contribution in [3.05, 3.63) is 59.7 Å². The number of aliphatic hydroxyl groups excluding tert-OH is 1. The third-order valence-corrected chi connectivity index (χ3v) is 2.88. The quantitative estimate of drug-likeness (QED) is 0.868. The van der Waals surface area contributed by atoms with Crippen LogP contribution in [-0.2, 0) is 6.18 Å². The van der Waals surface area contributed by atoms with Crippen LogP contribution in [0.3, 0.4) is 0 Å². The maximum atomic E-state index is 12.6. The van der Waals surface area contributed by atoms with Crippen molar-refractivity contribution in [1.82, 2.24) is 0 Å². The fourth-order valence-corrected chi connectivity index (χ4v) is 1.90. The Hall–Kier alpha value is -2.01. The highest BCUT2D eigenvalue weighted by atomic mass is 19.4. The Morgan fingerprint density at radius 3 is 2.40 bits per heavy atom.